The highest BCUT2D eigenvalue weighted by molar-refractivity contribution is 6.33. The Morgan fingerprint density at radius 2 is 1.58 bits per heavy atom. The van der Waals surface area contributed by atoms with Crippen LogP contribution in [0.4, 0.5) is 5.69 Å². The van der Waals surface area contributed by atoms with E-state index in [1.807, 2.05) is 30.3 Å². The van der Waals surface area contributed by atoms with Crippen molar-refractivity contribution in [3.8, 4) is 5.75 Å². The summed E-state index contributed by atoms with van der Waals surface area (Å²) in [5.41, 5.74) is 2.76. The van der Waals surface area contributed by atoms with E-state index in [9.17, 15) is 9.59 Å². The van der Waals surface area contributed by atoms with Crippen LogP contribution in [0, 0.1) is 0 Å². The van der Waals surface area contributed by atoms with Crippen molar-refractivity contribution in [1.82, 2.24) is 0 Å². The molecule has 0 aliphatic carbocycles. The predicted octanol–water partition coefficient (Wildman–Crippen LogP) is 6.40. The molecule has 0 spiro atoms. The van der Waals surface area contributed by atoms with E-state index >= 15 is 0 Å². The number of anilines is 1. The second kappa shape index (κ2) is 12.7. The van der Waals surface area contributed by atoms with Crippen LogP contribution in [0.15, 0.2) is 72.8 Å². The predicted molar refractivity (Wildman–Crippen MR) is 131 cm³/mol. The van der Waals surface area contributed by atoms with Crippen LogP contribution in [-0.4, -0.2) is 23.6 Å². The molecule has 1 amide bonds. The quantitative estimate of drug-likeness (QED) is 0.303. The molecule has 0 unspecified atom stereocenters. The lowest BCUT2D eigenvalue weighted by Crippen LogP contribution is -2.13. The number of carboxylic acids is 1. The van der Waals surface area contributed by atoms with E-state index in [4.69, 9.17) is 21.4 Å². The third-order valence-electron chi connectivity index (χ3n) is 5.27. The number of hydrogen-bond donors (Lipinski definition) is 2. The summed E-state index contributed by atoms with van der Waals surface area (Å²) < 4.78 is 5.82. The van der Waals surface area contributed by atoms with Gasteiger partial charge in [0.15, 0.2) is 0 Å². The first kappa shape index (κ1) is 24.3. The van der Waals surface area contributed by atoms with Gasteiger partial charge in [-0.3, -0.25) is 4.79 Å². The summed E-state index contributed by atoms with van der Waals surface area (Å²) in [6, 6.07) is 22.5. The molecule has 0 saturated carbocycles. The van der Waals surface area contributed by atoms with Crippen LogP contribution in [0.1, 0.15) is 47.2 Å². The largest absolute Gasteiger partial charge is 0.494 e. The maximum Gasteiger partial charge on any atom is 0.335 e. The molecule has 0 aliphatic heterocycles. The zero-order chi connectivity index (χ0) is 23.5. The van der Waals surface area contributed by atoms with Gasteiger partial charge in [0.1, 0.15) is 5.75 Å². The molecule has 0 heterocycles. The molecular weight excluding hydrogens is 438 g/mol. The van der Waals surface area contributed by atoms with Crippen LogP contribution < -0.4 is 10.1 Å². The van der Waals surface area contributed by atoms with Crippen molar-refractivity contribution in [2.45, 2.75) is 38.5 Å². The van der Waals surface area contributed by atoms with Gasteiger partial charge in [-0.1, -0.05) is 54.1 Å². The van der Waals surface area contributed by atoms with E-state index in [0.29, 0.717) is 23.7 Å². The fourth-order valence-corrected chi connectivity index (χ4v) is 3.58. The molecule has 3 rings (SSSR count). The average Bonchev–Trinajstić information content (AvgIpc) is 2.82. The van der Waals surface area contributed by atoms with Gasteiger partial charge in [-0.15, -0.1) is 0 Å². The zero-order valence-corrected chi connectivity index (χ0v) is 19.2. The Kier molecular flexibility index (Phi) is 9.33. The smallest absolute Gasteiger partial charge is 0.335 e. The molecule has 33 heavy (non-hydrogen) atoms. The number of carbonyl (C=O) groups excluding carboxylic acids is 1. The van der Waals surface area contributed by atoms with Crippen molar-refractivity contribution in [2.24, 2.45) is 0 Å². The molecular formula is C27H28ClNO4. The highest BCUT2D eigenvalue weighted by Gasteiger charge is 2.10. The molecule has 3 aromatic carbocycles. The topological polar surface area (TPSA) is 75.6 Å². The molecule has 0 radical (unpaired) electrons. The van der Waals surface area contributed by atoms with E-state index < -0.39 is 5.97 Å². The second-order valence-corrected chi connectivity index (χ2v) is 8.24. The first-order chi connectivity index (χ1) is 16.0. The highest BCUT2D eigenvalue weighted by atomic mass is 35.5. The molecule has 6 heteroatoms. The van der Waals surface area contributed by atoms with Gasteiger partial charge in [0.2, 0.25) is 5.91 Å². The number of carboxylic acid groups (broad SMARTS) is 1. The number of hydrogen-bond acceptors (Lipinski definition) is 3. The highest BCUT2D eigenvalue weighted by Crippen LogP contribution is 2.23. The van der Waals surface area contributed by atoms with E-state index in [1.165, 1.54) is 23.8 Å². The third kappa shape index (κ3) is 8.28. The second-order valence-electron chi connectivity index (χ2n) is 7.84. The minimum Gasteiger partial charge on any atom is -0.494 e. The summed E-state index contributed by atoms with van der Waals surface area (Å²) >= 11 is 6.06. The number of aryl methyl sites for hydroxylation is 2. The Morgan fingerprint density at radius 3 is 2.30 bits per heavy atom. The van der Waals surface area contributed by atoms with Crippen molar-refractivity contribution >= 4 is 29.2 Å². The fraction of sp³-hybridized carbons (Fsp3) is 0.259. The van der Waals surface area contributed by atoms with Gasteiger partial charge >= 0.3 is 5.97 Å². The van der Waals surface area contributed by atoms with Gasteiger partial charge in [-0.25, -0.2) is 4.79 Å². The Morgan fingerprint density at radius 1 is 0.848 bits per heavy atom. The summed E-state index contributed by atoms with van der Waals surface area (Å²) in [6.45, 7) is 0.687. The lowest BCUT2D eigenvalue weighted by atomic mass is 10.1. The number of halogens is 1. The maximum atomic E-state index is 12.3. The van der Waals surface area contributed by atoms with Gasteiger partial charge in [0.05, 0.1) is 22.9 Å². The first-order valence-electron chi connectivity index (χ1n) is 11.1. The maximum absolute atomic E-state index is 12.3. The molecule has 2 N–H and O–H groups in total. The minimum absolute atomic E-state index is 0.0708. The van der Waals surface area contributed by atoms with Crippen LogP contribution in [0.2, 0.25) is 5.02 Å². The van der Waals surface area contributed by atoms with Crippen LogP contribution in [0.5, 0.6) is 5.75 Å². The van der Waals surface area contributed by atoms with Crippen LogP contribution >= 0.6 is 11.6 Å². The normalized spacial score (nSPS) is 10.6. The third-order valence-corrected chi connectivity index (χ3v) is 5.60. The molecule has 172 valence electrons. The number of nitrogens with one attached hydrogen (secondary N) is 1. The molecule has 3 aromatic rings. The number of unbranched alkanes of at least 4 members (excludes halogenated alkanes) is 2. The lowest BCUT2D eigenvalue weighted by molar-refractivity contribution is -0.116. The van der Waals surface area contributed by atoms with E-state index in [2.05, 4.69) is 29.6 Å². The first-order valence-corrected chi connectivity index (χ1v) is 11.5. The summed E-state index contributed by atoms with van der Waals surface area (Å²) in [5, 5.41) is 12.1. The van der Waals surface area contributed by atoms with Gasteiger partial charge in [0.25, 0.3) is 0 Å². The van der Waals surface area contributed by atoms with Crippen LogP contribution in [0.25, 0.3) is 0 Å². The molecule has 0 fully saturated rings. The van der Waals surface area contributed by atoms with E-state index in [-0.39, 0.29) is 17.9 Å². The summed E-state index contributed by atoms with van der Waals surface area (Å²) in [7, 11) is 0. The number of aromatic carboxylic acids is 1. The van der Waals surface area contributed by atoms with Crippen molar-refractivity contribution in [1.29, 1.82) is 0 Å². The van der Waals surface area contributed by atoms with Crippen molar-refractivity contribution < 1.29 is 19.4 Å². The molecule has 5 nitrogen and oxygen atoms in total. The zero-order valence-electron chi connectivity index (χ0n) is 18.4. The van der Waals surface area contributed by atoms with Gasteiger partial charge in [-0.2, -0.15) is 0 Å². The Labute approximate surface area is 199 Å². The average molecular weight is 466 g/mol. The molecule has 0 atom stereocenters. The van der Waals surface area contributed by atoms with Crippen LogP contribution in [-0.2, 0) is 17.6 Å². The summed E-state index contributed by atoms with van der Waals surface area (Å²) in [6.07, 6.45) is 5.21. The van der Waals surface area contributed by atoms with Crippen LogP contribution in [0.3, 0.4) is 0 Å². The number of amides is 1. The minimum atomic E-state index is -1.07. The number of rotatable bonds is 12. The number of carbonyl (C=O) groups is 2. The van der Waals surface area contributed by atoms with Crippen molar-refractivity contribution in [2.75, 3.05) is 11.9 Å². The van der Waals surface area contributed by atoms with Crippen molar-refractivity contribution in [3.05, 3.63) is 94.5 Å². The van der Waals surface area contributed by atoms with Gasteiger partial charge in [0, 0.05) is 6.42 Å². The van der Waals surface area contributed by atoms with Crippen molar-refractivity contribution in [3.63, 3.8) is 0 Å². The standard InChI is InChI=1S/C27H28ClNO4/c28-24-16-13-22(27(31)32)19-25(24)29-26(30)17-12-21-10-14-23(15-11-21)33-18-6-2-5-9-20-7-3-1-4-8-20/h1,3-4,7-8,10-11,13-16,19H,2,5-6,9,12,17-18H2,(H,29,30)(H,31,32). The lowest BCUT2D eigenvalue weighted by Gasteiger charge is -2.09. The SMILES string of the molecule is O=C(CCc1ccc(OCCCCCc2ccccc2)cc1)Nc1cc(C(=O)O)ccc1Cl. The number of benzene rings is 3. The summed E-state index contributed by atoms with van der Waals surface area (Å²) in [4.78, 5) is 23.4. The van der Waals surface area contributed by atoms with E-state index in [1.54, 1.807) is 0 Å². The summed E-state index contributed by atoms with van der Waals surface area (Å²) in [5.74, 6) is -0.476. The Bertz CT molecular complexity index is 1050. The van der Waals surface area contributed by atoms with Gasteiger partial charge in [-0.05, 0) is 73.6 Å². The van der Waals surface area contributed by atoms with Gasteiger partial charge < -0.3 is 15.2 Å². The van der Waals surface area contributed by atoms with E-state index in [0.717, 1.165) is 37.0 Å². The molecule has 0 aromatic heterocycles. The molecule has 0 saturated heterocycles. The monoisotopic (exact) mass is 465 g/mol. The number of ether oxygens (including phenoxy) is 1. The fourth-order valence-electron chi connectivity index (χ4n) is 3.42. The molecule has 0 aliphatic rings. The Balaban J connectivity index is 1.35. The Hall–Kier alpha value is -3.31. The molecule has 0 bridgehead atoms.